The van der Waals surface area contributed by atoms with Crippen LogP contribution >= 0.6 is 0 Å². The quantitative estimate of drug-likeness (QED) is 0.556. The second-order valence-electron chi connectivity index (χ2n) is 3.63. The fourth-order valence-electron chi connectivity index (χ4n) is 1.71. The third kappa shape index (κ3) is 3.37. The van der Waals surface area contributed by atoms with Crippen LogP contribution in [0.25, 0.3) is 0 Å². The van der Waals surface area contributed by atoms with Gasteiger partial charge in [0.1, 0.15) is 5.92 Å². The number of Topliss-reactive ketones (excluding diaryl/α,β-unsaturated/α-hetero) is 3. The molecule has 16 heavy (non-hydrogen) atoms. The Morgan fingerprint density at radius 1 is 1.25 bits per heavy atom. The van der Waals surface area contributed by atoms with Gasteiger partial charge in [-0.25, -0.2) is 0 Å². The zero-order valence-electron chi connectivity index (χ0n) is 9.06. The van der Waals surface area contributed by atoms with E-state index in [4.69, 9.17) is 5.11 Å². The van der Waals surface area contributed by atoms with Crippen LogP contribution in [0.1, 0.15) is 26.2 Å². The first kappa shape index (κ1) is 15.7. The van der Waals surface area contributed by atoms with Gasteiger partial charge in [0.15, 0.2) is 17.3 Å². The van der Waals surface area contributed by atoms with Crippen molar-refractivity contribution in [1.29, 1.82) is 0 Å². The predicted molar refractivity (Wildman–Crippen MR) is 54.9 cm³/mol. The number of hydrogen-bond donors (Lipinski definition) is 1. The van der Waals surface area contributed by atoms with Gasteiger partial charge in [-0.15, -0.1) is 0 Å². The topological polar surface area (TPSA) is 88.5 Å². The average molecular weight is 252 g/mol. The molecule has 2 radical (unpaired) electrons. The third-order valence-electron chi connectivity index (χ3n) is 2.56. The maximum absolute atomic E-state index is 11.4. The summed E-state index contributed by atoms with van der Waals surface area (Å²) in [6.07, 6.45) is -0.297. The zero-order valence-corrected chi connectivity index (χ0v) is 11.3. The van der Waals surface area contributed by atoms with Gasteiger partial charge in [0.2, 0.25) is 0 Å². The molecule has 1 saturated carbocycles. The minimum atomic E-state index is -1.20. The molecule has 0 aromatic carbocycles. The Labute approximate surface area is 123 Å². The van der Waals surface area contributed by atoms with E-state index in [-0.39, 0.29) is 57.0 Å². The first-order valence-electron chi connectivity index (χ1n) is 4.78. The second kappa shape index (κ2) is 6.47. The van der Waals surface area contributed by atoms with E-state index in [9.17, 15) is 19.2 Å². The molecule has 0 aliphatic heterocycles. The number of ketones is 3. The standard InChI is InChI=1S/C10H12O5.Ca/c1-2-6(11)9-7(12)3-5(10(14)15)4-8(9)13;/h5,9H,2-4H2,1H3,(H,14,15);. The van der Waals surface area contributed by atoms with Crippen LogP contribution < -0.4 is 0 Å². The maximum Gasteiger partial charge on any atom is 0.307 e. The number of hydrogen-bond acceptors (Lipinski definition) is 4. The Bertz CT molecular complexity index is 318. The van der Waals surface area contributed by atoms with Crippen molar-refractivity contribution in [2.75, 3.05) is 0 Å². The number of rotatable bonds is 3. The summed E-state index contributed by atoms with van der Waals surface area (Å²) in [6.45, 7) is 1.58. The minimum Gasteiger partial charge on any atom is -0.481 e. The van der Waals surface area contributed by atoms with Crippen molar-refractivity contribution in [3.63, 3.8) is 0 Å². The molecule has 84 valence electrons. The van der Waals surface area contributed by atoms with Gasteiger partial charge in [0.05, 0.1) is 5.92 Å². The molecule has 0 heterocycles. The van der Waals surface area contributed by atoms with E-state index in [1.807, 2.05) is 0 Å². The molecule has 1 aliphatic rings. The molecule has 1 aliphatic carbocycles. The molecule has 0 aromatic heterocycles. The summed E-state index contributed by atoms with van der Waals surface area (Å²) in [7, 11) is 0. The van der Waals surface area contributed by atoms with Crippen molar-refractivity contribution < 1.29 is 24.3 Å². The van der Waals surface area contributed by atoms with E-state index in [2.05, 4.69) is 0 Å². The van der Waals surface area contributed by atoms with Crippen LogP contribution in [0.15, 0.2) is 0 Å². The first-order chi connectivity index (χ1) is 6.97. The van der Waals surface area contributed by atoms with Gasteiger partial charge in [0.25, 0.3) is 0 Å². The second-order valence-corrected chi connectivity index (χ2v) is 3.63. The summed E-state index contributed by atoms with van der Waals surface area (Å²) < 4.78 is 0. The van der Waals surface area contributed by atoms with Crippen molar-refractivity contribution in [3.8, 4) is 0 Å². The summed E-state index contributed by atoms with van der Waals surface area (Å²) in [5.41, 5.74) is 0. The molecular weight excluding hydrogens is 240 g/mol. The number of carbonyl (C=O) groups excluding carboxylic acids is 3. The Hall–Kier alpha value is -0.260. The molecule has 0 saturated heterocycles. The molecule has 0 amide bonds. The van der Waals surface area contributed by atoms with Crippen LogP contribution in [0.4, 0.5) is 0 Å². The van der Waals surface area contributed by atoms with E-state index < -0.39 is 35.2 Å². The molecule has 1 fully saturated rings. The predicted octanol–water partition coefficient (Wildman–Crippen LogP) is -0.166. The summed E-state index contributed by atoms with van der Waals surface area (Å²) in [5, 5.41) is 8.67. The molecule has 0 aromatic rings. The zero-order chi connectivity index (χ0) is 11.6. The maximum atomic E-state index is 11.4. The fraction of sp³-hybridized carbons (Fsp3) is 0.600. The van der Waals surface area contributed by atoms with E-state index in [0.29, 0.717) is 0 Å². The van der Waals surface area contributed by atoms with Crippen molar-refractivity contribution in [2.45, 2.75) is 26.2 Å². The van der Waals surface area contributed by atoms with E-state index in [1.54, 1.807) is 6.92 Å². The van der Waals surface area contributed by atoms with Crippen LogP contribution in [0.5, 0.6) is 0 Å². The smallest absolute Gasteiger partial charge is 0.307 e. The van der Waals surface area contributed by atoms with Crippen LogP contribution in [0, 0.1) is 11.8 Å². The normalized spacial score (nSPS) is 24.8. The van der Waals surface area contributed by atoms with Crippen molar-refractivity contribution in [2.24, 2.45) is 11.8 Å². The Morgan fingerprint density at radius 3 is 2.00 bits per heavy atom. The monoisotopic (exact) mass is 252 g/mol. The van der Waals surface area contributed by atoms with Crippen LogP contribution in [0.2, 0.25) is 0 Å². The summed E-state index contributed by atoms with van der Waals surface area (Å²) in [6, 6.07) is 0. The van der Waals surface area contributed by atoms with Crippen molar-refractivity contribution >= 4 is 61.1 Å². The SMILES string of the molecule is CCC(=O)C1C(=O)CC(C(=O)O)CC1=O.[Ca]. The number of carboxylic acid groups (broad SMARTS) is 1. The average Bonchev–Trinajstić information content (AvgIpc) is 2.16. The minimum absolute atomic E-state index is 0. The molecule has 0 spiro atoms. The molecule has 0 atom stereocenters. The van der Waals surface area contributed by atoms with E-state index in [1.165, 1.54) is 0 Å². The Balaban J connectivity index is 0.00000225. The van der Waals surface area contributed by atoms with E-state index in [0.717, 1.165) is 0 Å². The van der Waals surface area contributed by atoms with Crippen molar-refractivity contribution in [1.82, 2.24) is 0 Å². The number of aliphatic carboxylic acids is 1. The molecule has 1 rings (SSSR count). The van der Waals surface area contributed by atoms with Gasteiger partial charge in [-0.2, -0.15) is 0 Å². The fourth-order valence-corrected chi connectivity index (χ4v) is 1.71. The molecule has 0 unspecified atom stereocenters. The van der Waals surface area contributed by atoms with Gasteiger partial charge in [-0.3, -0.25) is 19.2 Å². The van der Waals surface area contributed by atoms with Gasteiger partial charge >= 0.3 is 5.97 Å². The number of carboxylic acids is 1. The largest absolute Gasteiger partial charge is 0.481 e. The first-order valence-corrected chi connectivity index (χ1v) is 4.78. The van der Waals surface area contributed by atoms with Gasteiger partial charge in [0, 0.05) is 57.0 Å². The Morgan fingerprint density at radius 2 is 1.69 bits per heavy atom. The van der Waals surface area contributed by atoms with Crippen molar-refractivity contribution in [3.05, 3.63) is 0 Å². The summed E-state index contributed by atoms with van der Waals surface area (Å²) >= 11 is 0. The third-order valence-corrected chi connectivity index (χ3v) is 2.56. The molecule has 0 bridgehead atoms. The number of carbonyl (C=O) groups is 4. The molecule has 5 nitrogen and oxygen atoms in total. The van der Waals surface area contributed by atoms with Crippen LogP contribution in [-0.4, -0.2) is 66.2 Å². The van der Waals surface area contributed by atoms with Crippen LogP contribution in [-0.2, 0) is 19.2 Å². The van der Waals surface area contributed by atoms with E-state index >= 15 is 0 Å². The summed E-state index contributed by atoms with van der Waals surface area (Å²) in [4.78, 5) is 44.7. The molecular formula is C10H12CaO5. The van der Waals surface area contributed by atoms with Gasteiger partial charge in [-0.1, -0.05) is 6.92 Å². The van der Waals surface area contributed by atoms with Gasteiger partial charge < -0.3 is 5.11 Å². The molecule has 6 heteroatoms. The van der Waals surface area contributed by atoms with Crippen LogP contribution in [0.3, 0.4) is 0 Å². The molecule has 1 N–H and O–H groups in total. The Kier molecular flexibility index (Phi) is 6.36. The van der Waals surface area contributed by atoms with Gasteiger partial charge in [-0.05, 0) is 0 Å². The summed E-state index contributed by atoms with van der Waals surface area (Å²) in [5.74, 6) is -4.82.